The molecule has 0 aliphatic heterocycles. The van der Waals surface area contributed by atoms with Crippen LogP contribution in [0.5, 0.6) is 0 Å². The SMILES string of the molecule is Cc1ccc2c3c(cc(F)c2c1)CC(C)CC3. The molecule has 0 heterocycles. The topological polar surface area (TPSA) is 0 Å². The third-order valence-electron chi connectivity index (χ3n) is 3.90. The Morgan fingerprint density at radius 3 is 2.82 bits per heavy atom. The fourth-order valence-corrected chi connectivity index (χ4v) is 2.96. The first-order valence-electron chi connectivity index (χ1n) is 6.36. The molecule has 0 N–H and O–H groups in total. The van der Waals surface area contributed by atoms with Crippen LogP contribution in [0.1, 0.15) is 30.0 Å². The first-order chi connectivity index (χ1) is 8.15. The Hall–Kier alpha value is -1.37. The number of halogens is 1. The van der Waals surface area contributed by atoms with Crippen LogP contribution >= 0.6 is 0 Å². The molecule has 1 heteroatoms. The summed E-state index contributed by atoms with van der Waals surface area (Å²) in [5, 5.41) is 1.91. The number of hydrogen-bond acceptors (Lipinski definition) is 0. The van der Waals surface area contributed by atoms with E-state index in [-0.39, 0.29) is 5.82 Å². The summed E-state index contributed by atoms with van der Waals surface area (Å²) >= 11 is 0. The van der Waals surface area contributed by atoms with Gasteiger partial charge in [-0.3, -0.25) is 0 Å². The molecule has 0 spiro atoms. The number of fused-ring (bicyclic) bond motifs is 3. The van der Waals surface area contributed by atoms with E-state index in [0.717, 1.165) is 29.2 Å². The first kappa shape index (κ1) is 10.8. The van der Waals surface area contributed by atoms with E-state index in [0.29, 0.717) is 5.92 Å². The van der Waals surface area contributed by atoms with Crippen molar-refractivity contribution in [1.29, 1.82) is 0 Å². The average Bonchev–Trinajstić information content (AvgIpc) is 2.29. The quantitative estimate of drug-likeness (QED) is 0.626. The van der Waals surface area contributed by atoms with E-state index in [2.05, 4.69) is 19.1 Å². The molecular formula is C16H17F. The third kappa shape index (κ3) is 1.74. The van der Waals surface area contributed by atoms with E-state index >= 15 is 0 Å². The fraction of sp³-hybridized carbons (Fsp3) is 0.375. The summed E-state index contributed by atoms with van der Waals surface area (Å²) in [7, 11) is 0. The molecule has 1 aliphatic rings. The van der Waals surface area contributed by atoms with Crippen molar-refractivity contribution in [2.24, 2.45) is 5.92 Å². The van der Waals surface area contributed by atoms with Crippen LogP contribution in [0.2, 0.25) is 0 Å². The Morgan fingerprint density at radius 2 is 2.00 bits per heavy atom. The maximum absolute atomic E-state index is 14.1. The molecule has 0 saturated carbocycles. The zero-order valence-electron chi connectivity index (χ0n) is 10.4. The minimum absolute atomic E-state index is 0.0587. The highest BCUT2D eigenvalue weighted by atomic mass is 19.1. The molecule has 0 amide bonds. The van der Waals surface area contributed by atoms with Crippen molar-refractivity contribution in [3.63, 3.8) is 0 Å². The predicted molar refractivity (Wildman–Crippen MR) is 69.8 cm³/mol. The minimum Gasteiger partial charge on any atom is -0.206 e. The smallest absolute Gasteiger partial charge is 0.131 e. The van der Waals surface area contributed by atoms with Crippen molar-refractivity contribution in [3.05, 3.63) is 46.8 Å². The maximum atomic E-state index is 14.1. The summed E-state index contributed by atoms with van der Waals surface area (Å²) in [6.45, 7) is 4.26. The molecular weight excluding hydrogens is 211 g/mol. The monoisotopic (exact) mass is 228 g/mol. The van der Waals surface area contributed by atoms with Crippen molar-refractivity contribution in [3.8, 4) is 0 Å². The Kier molecular flexibility index (Phi) is 2.43. The molecule has 0 bridgehead atoms. The molecule has 88 valence electrons. The van der Waals surface area contributed by atoms with Crippen molar-refractivity contribution < 1.29 is 4.39 Å². The van der Waals surface area contributed by atoms with Gasteiger partial charge in [-0.05, 0) is 60.7 Å². The predicted octanol–water partition coefficient (Wildman–Crippen LogP) is 4.41. The second kappa shape index (κ2) is 3.83. The normalized spacial score (nSPS) is 19.4. The lowest BCUT2D eigenvalue weighted by Gasteiger charge is -2.23. The van der Waals surface area contributed by atoms with Crippen LogP contribution in [0.15, 0.2) is 24.3 Å². The molecule has 0 nitrogen and oxygen atoms in total. The summed E-state index contributed by atoms with van der Waals surface area (Å²) < 4.78 is 14.1. The highest BCUT2D eigenvalue weighted by Gasteiger charge is 2.19. The van der Waals surface area contributed by atoms with Gasteiger partial charge >= 0.3 is 0 Å². The third-order valence-corrected chi connectivity index (χ3v) is 3.90. The molecule has 0 radical (unpaired) electrons. The highest BCUT2D eigenvalue weighted by molar-refractivity contribution is 5.88. The van der Waals surface area contributed by atoms with Gasteiger partial charge in [-0.25, -0.2) is 4.39 Å². The molecule has 17 heavy (non-hydrogen) atoms. The summed E-state index contributed by atoms with van der Waals surface area (Å²) in [5.74, 6) is 0.626. The van der Waals surface area contributed by atoms with Gasteiger partial charge < -0.3 is 0 Å². The maximum Gasteiger partial charge on any atom is 0.131 e. The van der Waals surface area contributed by atoms with E-state index in [1.165, 1.54) is 17.5 Å². The van der Waals surface area contributed by atoms with Gasteiger partial charge in [0.05, 0.1) is 0 Å². The van der Waals surface area contributed by atoms with Gasteiger partial charge in [-0.2, -0.15) is 0 Å². The lowest BCUT2D eigenvalue weighted by atomic mass is 9.82. The van der Waals surface area contributed by atoms with E-state index in [1.54, 1.807) is 6.07 Å². The van der Waals surface area contributed by atoms with Crippen LogP contribution in [0.4, 0.5) is 4.39 Å². The molecule has 2 aromatic rings. The molecule has 1 unspecified atom stereocenters. The summed E-state index contributed by atoms with van der Waals surface area (Å²) in [4.78, 5) is 0. The summed E-state index contributed by atoms with van der Waals surface area (Å²) in [5.41, 5.74) is 3.72. The van der Waals surface area contributed by atoms with Crippen molar-refractivity contribution >= 4 is 10.8 Å². The van der Waals surface area contributed by atoms with E-state index in [4.69, 9.17) is 0 Å². The Balaban J connectivity index is 2.31. The Morgan fingerprint density at radius 1 is 1.18 bits per heavy atom. The average molecular weight is 228 g/mol. The van der Waals surface area contributed by atoms with E-state index < -0.39 is 0 Å². The van der Waals surface area contributed by atoms with Crippen LogP contribution in [0.25, 0.3) is 10.8 Å². The molecule has 3 rings (SSSR count). The summed E-state index contributed by atoms with van der Waals surface area (Å²) in [6, 6.07) is 7.89. The number of benzene rings is 2. The summed E-state index contributed by atoms with van der Waals surface area (Å²) in [6.07, 6.45) is 3.34. The molecule has 1 atom stereocenters. The van der Waals surface area contributed by atoms with Gasteiger partial charge in [0.2, 0.25) is 0 Å². The number of rotatable bonds is 0. The molecule has 2 aromatic carbocycles. The van der Waals surface area contributed by atoms with Crippen LogP contribution in [0.3, 0.4) is 0 Å². The minimum atomic E-state index is -0.0587. The van der Waals surface area contributed by atoms with Gasteiger partial charge in [-0.1, -0.05) is 24.6 Å². The van der Waals surface area contributed by atoms with Gasteiger partial charge in [0.1, 0.15) is 5.82 Å². The molecule has 0 saturated heterocycles. The first-order valence-corrected chi connectivity index (χ1v) is 6.36. The lowest BCUT2D eigenvalue weighted by molar-refractivity contribution is 0.500. The number of aryl methyl sites for hydroxylation is 2. The molecule has 0 fully saturated rings. The zero-order valence-corrected chi connectivity index (χ0v) is 10.4. The highest BCUT2D eigenvalue weighted by Crippen LogP contribution is 2.33. The van der Waals surface area contributed by atoms with Gasteiger partial charge in [-0.15, -0.1) is 0 Å². The van der Waals surface area contributed by atoms with Crippen molar-refractivity contribution in [1.82, 2.24) is 0 Å². The van der Waals surface area contributed by atoms with Gasteiger partial charge in [0.15, 0.2) is 0 Å². The van der Waals surface area contributed by atoms with Gasteiger partial charge in [0.25, 0.3) is 0 Å². The van der Waals surface area contributed by atoms with Crippen LogP contribution in [-0.2, 0) is 12.8 Å². The van der Waals surface area contributed by atoms with Crippen molar-refractivity contribution in [2.45, 2.75) is 33.1 Å². The fourth-order valence-electron chi connectivity index (χ4n) is 2.96. The Labute approximate surface area is 101 Å². The van der Waals surface area contributed by atoms with Crippen LogP contribution in [-0.4, -0.2) is 0 Å². The largest absolute Gasteiger partial charge is 0.206 e. The van der Waals surface area contributed by atoms with Crippen molar-refractivity contribution in [2.75, 3.05) is 0 Å². The lowest BCUT2D eigenvalue weighted by Crippen LogP contribution is -2.12. The zero-order chi connectivity index (χ0) is 12.0. The molecule has 1 aliphatic carbocycles. The molecule has 0 aromatic heterocycles. The second-order valence-corrected chi connectivity index (χ2v) is 5.39. The second-order valence-electron chi connectivity index (χ2n) is 5.39. The standard InChI is InChI=1S/C16H17F/c1-10-3-5-13-12(7-10)9-16(17)15-8-11(2)4-6-14(13)15/h4,6,8-10H,3,5,7H2,1-2H3. The Bertz CT molecular complexity index is 584. The van der Waals surface area contributed by atoms with E-state index in [1.807, 2.05) is 13.0 Å². The van der Waals surface area contributed by atoms with Crippen LogP contribution < -0.4 is 0 Å². The van der Waals surface area contributed by atoms with E-state index in [9.17, 15) is 4.39 Å². The van der Waals surface area contributed by atoms with Crippen LogP contribution in [0, 0.1) is 18.7 Å². The number of hydrogen-bond donors (Lipinski definition) is 0. The van der Waals surface area contributed by atoms with Gasteiger partial charge in [0, 0.05) is 5.39 Å².